The summed E-state index contributed by atoms with van der Waals surface area (Å²) in [7, 11) is 1.55. The number of halogens is 3. The molecule has 27 heavy (non-hydrogen) atoms. The van der Waals surface area contributed by atoms with E-state index in [-0.39, 0.29) is 18.4 Å². The first-order chi connectivity index (χ1) is 12.5. The maximum atomic E-state index is 13.2. The molecule has 2 rings (SSSR count). The van der Waals surface area contributed by atoms with Crippen molar-refractivity contribution < 1.29 is 17.9 Å². The Morgan fingerprint density at radius 3 is 2.15 bits per heavy atom. The van der Waals surface area contributed by atoms with Gasteiger partial charge in [-0.2, -0.15) is 13.2 Å². The second-order valence-corrected chi connectivity index (χ2v) is 7.21. The Morgan fingerprint density at radius 1 is 0.963 bits per heavy atom. The van der Waals surface area contributed by atoms with Crippen LogP contribution in [0, 0.1) is 0 Å². The molecule has 148 valence electrons. The first-order valence-corrected chi connectivity index (χ1v) is 8.94. The molecule has 6 heteroatoms. The van der Waals surface area contributed by atoms with Gasteiger partial charge in [-0.05, 0) is 60.2 Å². The third-order valence-electron chi connectivity index (χ3n) is 4.74. The van der Waals surface area contributed by atoms with Gasteiger partial charge >= 0.3 is 6.18 Å². The summed E-state index contributed by atoms with van der Waals surface area (Å²) in [5.74, 6) is 0.883. The van der Waals surface area contributed by atoms with E-state index in [1.807, 2.05) is 18.2 Å². The van der Waals surface area contributed by atoms with Gasteiger partial charge in [-0.15, -0.1) is 0 Å². The van der Waals surface area contributed by atoms with E-state index in [4.69, 9.17) is 16.2 Å². The predicted octanol–water partition coefficient (Wildman–Crippen LogP) is 4.72. The summed E-state index contributed by atoms with van der Waals surface area (Å²) in [6, 6.07) is 8.74. The highest BCUT2D eigenvalue weighted by Crippen LogP contribution is 2.38. The number of alkyl halides is 3. The minimum atomic E-state index is -4.42. The number of methoxy groups -OCH3 is 1. The van der Waals surface area contributed by atoms with Crippen LogP contribution >= 0.6 is 0 Å². The maximum absolute atomic E-state index is 13.2. The van der Waals surface area contributed by atoms with Crippen LogP contribution in [-0.4, -0.2) is 19.2 Å². The molecule has 0 aliphatic heterocycles. The van der Waals surface area contributed by atoms with Crippen molar-refractivity contribution in [2.45, 2.75) is 51.4 Å². The zero-order valence-electron chi connectivity index (χ0n) is 16.1. The fraction of sp³-hybridized carbons (Fsp3) is 0.429. The van der Waals surface area contributed by atoms with E-state index in [1.165, 1.54) is 12.1 Å². The first kappa shape index (κ1) is 21.3. The number of hydrogen-bond donors (Lipinski definition) is 2. The van der Waals surface area contributed by atoms with Gasteiger partial charge in [-0.25, -0.2) is 0 Å². The minimum absolute atomic E-state index is 0.242. The average Bonchev–Trinajstić information content (AvgIpc) is 2.60. The highest BCUT2D eigenvalue weighted by molar-refractivity contribution is 5.75. The van der Waals surface area contributed by atoms with Gasteiger partial charge in [0.25, 0.3) is 0 Å². The highest BCUT2D eigenvalue weighted by Gasteiger charge is 2.31. The number of benzene rings is 2. The quantitative estimate of drug-likeness (QED) is 0.762. The molecule has 0 heterocycles. The molecule has 0 saturated heterocycles. The van der Waals surface area contributed by atoms with Gasteiger partial charge in [0.1, 0.15) is 5.75 Å². The Hall–Kier alpha value is -2.05. The van der Waals surface area contributed by atoms with Gasteiger partial charge in [-0.1, -0.05) is 26.0 Å². The van der Waals surface area contributed by atoms with Crippen molar-refractivity contribution in [1.29, 1.82) is 0 Å². The first-order valence-electron chi connectivity index (χ1n) is 8.94. The van der Waals surface area contributed by atoms with Gasteiger partial charge in [0.05, 0.1) is 12.7 Å². The monoisotopic (exact) mass is 380 g/mol. The molecule has 2 atom stereocenters. The van der Waals surface area contributed by atoms with E-state index < -0.39 is 17.8 Å². The second-order valence-electron chi connectivity index (χ2n) is 7.21. The van der Waals surface area contributed by atoms with Gasteiger partial charge in [0, 0.05) is 17.6 Å². The van der Waals surface area contributed by atoms with Crippen molar-refractivity contribution in [3.63, 3.8) is 0 Å². The van der Waals surface area contributed by atoms with Crippen LogP contribution in [0.4, 0.5) is 13.2 Å². The standard InChI is InChI=1S/C21H27F3N2O/c1-12(2)14-5-8-20(27-4)18(10-14)17-7-6-16(21(22,23)24)9-15(17)11-19(26)13(3)25/h5-10,12-13,19H,11,25-26H2,1-4H3. The van der Waals surface area contributed by atoms with Crippen LogP contribution < -0.4 is 16.2 Å². The Morgan fingerprint density at radius 2 is 1.63 bits per heavy atom. The Balaban J connectivity index is 2.66. The SMILES string of the molecule is COc1ccc(C(C)C)cc1-c1ccc(C(F)(F)F)cc1CC(N)C(C)N. The molecule has 2 aromatic carbocycles. The normalized spacial score (nSPS) is 14.3. The number of hydrogen-bond acceptors (Lipinski definition) is 3. The number of rotatable bonds is 6. The molecular formula is C21H27F3N2O. The molecule has 0 aromatic heterocycles. The smallest absolute Gasteiger partial charge is 0.416 e. The van der Waals surface area contributed by atoms with E-state index in [2.05, 4.69) is 13.8 Å². The average molecular weight is 380 g/mol. The fourth-order valence-corrected chi connectivity index (χ4v) is 2.94. The largest absolute Gasteiger partial charge is 0.496 e. The number of ether oxygens (including phenoxy) is 1. The summed E-state index contributed by atoms with van der Waals surface area (Å²) in [5.41, 5.74) is 14.2. The van der Waals surface area contributed by atoms with Crippen LogP contribution in [0.15, 0.2) is 36.4 Å². The third kappa shape index (κ3) is 5.02. The molecule has 0 saturated carbocycles. The number of nitrogens with two attached hydrogens (primary N) is 2. The van der Waals surface area contributed by atoms with E-state index in [0.29, 0.717) is 16.9 Å². The van der Waals surface area contributed by atoms with Crippen LogP contribution in [0.3, 0.4) is 0 Å². The van der Waals surface area contributed by atoms with Crippen molar-refractivity contribution in [2.24, 2.45) is 11.5 Å². The lowest BCUT2D eigenvalue weighted by molar-refractivity contribution is -0.137. The van der Waals surface area contributed by atoms with E-state index >= 15 is 0 Å². The van der Waals surface area contributed by atoms with Crippen molar-refractivity contribution >= 4 is 0 Å². The van der Waals surface area contributed by atoms with Gasteiger partial charge < -0.3 is 16.2 Å². The molecule has 0 fully saturated rings. The molecule has 0 radical (unpaired) electrons. The molecule has 0 aliphatic carbocycles. The Bertz CT molecular complexity index is 785. The van der Waals surface area contributed by atoms with Crippen LogP contribution in [0.1, 0.15) is 43.4 Å². The third-order valence-corrected chi connectivity index (χ3v) is 4.74. The van der Waals surface area contributed by atoms with Crippen molar-refractivity contribution in [1.82, 2.24) is 0 Å². The lowest BCUT2D eigenvalue weighted by Crippen LogP contribution is -2.40. The summed E-state index contributed by atoms with van der Waals surface area (Å²) in [6.07, 6.45) is -4.18. The van der Waals surface area contributed by atoms with Crippen LogP contribution in [0.5, 0.6) is 5.75 Å². The molecule has 0 spiro atoms. The predicted molar refractivity (Wildman–Crippen MR) is 103 cm³/mol. The van der Waals surface area contributed by atoms with Crippen LogP contribution in [-0.2, 0) is 12.6 Å². The summed E-state index contributed by atoms with van der Waals surface area (Å²) >= 11 is 0. The zero-order chi connectivity index (χ0) is 20.4. The van der Waals surface area contributed by atoms with Crippen molar-refractivity contribution in [3.05, 3.63) is 53.1 Å². The molecule has 2 aromatic rings. The second kappa shape index (κ2) is 8.31. The van der Waals surface area contributed by atoms with Crippen LogP contribution in [0.25, 0.3) is 11.1 Å². The topological polar surface area (TPSA) is 61.3 Å². The van der Waals surface area contributed by atoms with Gasteiger partial charge in [0.2, 0.25) is 0 Å². The fourth-order valence-electron chi connectivity index (χ4n) is 2.94. The van der Waals surface area contributed by atoms with Gasteiger partial charge in [0.15, 0.2) is 0 Å². The van der Waals surface area contributed by atoms with Gasteiger partial charge in [-0.3, -0.25) is 0 Å². The van der Waals surface area contributed by atoms with E-state index in [9.17, 15) is 13.2 Å². The lowest BCUT2D eigenvalue weighted by atomic mass is 9.89. The molecule has 4 N–H and O–H groups in total. The van der Waals surface area contributed by atoms with Crippen molar-refractivity contribution in [2.75, 3.05) is 7.11 Å². The Labute approximate surface area is 158 Å². The molecule has 3 nitrogen and oxygen atoms in total. The van der Waals surface area contributed by atoms with E-state index in [1.54, 1.807) is 14.0 Å². The summed E-state index contributed by atoms with van der Waals surface area (Å²) in [5, 5.41) is 0. The highest BCUT2D eigenvalue weighted by atomic mass is 19.4. The molecule has 0 amide bonds. The Kier molecular flexibility index (Phi) is 6.54. The molecular weight excluding hydrogens is 353 g/mol. The minimum Gasteiger partial charge on any atom is -0.496 e. The van der Waals surface area contributed by atoms with E-state index in [0.717, 1.165) is 17.2 Å². The van der Waals surface area contributed by atoms with Crippen LogP contribution in [0.2, 0.25) is 0 Å². The molecule has 2 unspecified atom stereocenters. The lowest BCUT2D eigenvalue weighted by Gasteiger charge is -2.21. The summed E-state index contributed by atoms with van der Waals surface area (Å²) in [4.78, 5) is 0. The summed E-state index contributed by atoms with van der Waals surface area (Å²) < 4.78 is 45.2. The molecule has 0 bridgehead atoms. The maximum Gasteiger partial charge on any atom is 0.416 e. The molecule has 0 aliphatic rings. The summed E-state index contributed by atoms with van der Waals surface area (Å²) in [6.45, 7) is 5.87. The van der Waals surface area contributed by atoms with Crippen molar-refractivity contribution in [3.8, 4) is 16.9 Å². The zero-order valence-corrected chi connectivity index (χ0v) is 16.1.